The third-order valence-corrected chi connectivity index (χ3v) is 7.30. The Hall–Kier alpha value is -2.76. The molecule has 4 fully saturated rings. The van der Waals surface area contributed by atoms with Crippen LogP contribution in [0.1, 0.15) is 42.7 Å². The molecule has 2 atom stereocenters. The van der Waals surface area contributed by atoms with Crippen molar-refractivity contribution in [2.24, 2.45) is 28.9 Å². The highest BCUT2D eigenvalue weighted by molar-refractivity contribution is 5.92. The highest BCUT2D eigenvalue weighted by Gasteiger charge is 2.58. The Morgan fingerprint density at radius 3 is 2.38 bits per heavy atom. The number of methoxy groups -OCH3 is 1. The summed E-state index contributed by atoms with van der Waals surface area (Å²) in [6, 6.07) is 11.2. The molecule has 4 aliphatic rings. The molecule has 6 rings (SSSR count). The first-order valence-electron chi connectivity index (χ1n) is 10.3. The van der Waals surface area contributed by atoms with Crippen LogP contribution in [0.15, 0.2) is 40.8 Å². The monoisotopic (exact) mass is 394 g/mol. The molecule has 0 saturated heterocycles. The summed E-state index contributed by atoms with van der Waals surface area (Å²) in [6.45, 7) is 0. The van der Waals surface area contributed by atoms with Crippen LogP contribution in [-0.4, -0.2) is 25.0 Å². The fraction of sp³-hybridized carbons (Fsp3) is 0.478. The Balaban J connectivity index is 1.30. The average molecular weight is 394 g/mol. The maximum atomic E-state index is 12.9. The van der Waals surface area contributed by atoms with Gasteiger partial charge in [-0.05, 0) is 86.3 Å². The fourth-order valence-corrected chi connectivity index (χ4v) is 6.15. The van der Waals surface area contributed by atoms with E-state index in [0.717, 1.165) is 43.4 Å². The van der Waals surface area contributed by atoms with E-state index in [4.69, 9.17) is 14.9 Å². The molecule has 0 aliphatic heterocycles. The molecule has 2 aromatic rings. The van der Waals surface area contributed by atoms with E-state index < -0.39 is 0 Å². The van der Waals surface area contributed by atoms with Crippen LogP contribution in [0.25, 0.3) is 11.3 Å². The molecule has 3 N–H and O–H groups in total. The van der Waals surface area contributed by atoms with E-state index in [1.54, 1.807) is 13.2 Å². The van der Waals surface area contributed by atoms with Crippen LogP contribution in [-0.2, 0) is 4.79 Å². The molecule has 2 amide bonds. The minimum atomic E-state index is -0.343. The van der Waals surface area contributed by atoms with Crippen LogP contribution >= 0.6 is 0 Å². The van der Waals surface area contributed by atoms with Crippen molar-refractivity contribution in [2.75, 3.05) is 7.11 Å². The quantitative estimate of drug-likeness (QED) is 0.813. The first kappa shape index (κ1) is 18.3. The van der Waals surface area contributed by atoms with E-state index in [0.29, 0.717) is 29.3 Å². The van der Waals surface area contributed by atoms with Gasteiger partial charge >= 0.3 is 0 Å². The lowest BCUT2D eigenvalue weighted by molar-refractivity contribution is -0.145. The van der Waals surface area contributed by atoms with Gasteiger partial charge in [0.15, 0.2) is 5.76 Å². The predicted molar refractivity (Wildman–Crippen MR) is 107 cm³/mol. The first-order chi connectivity index (χ1) is 14.0. The summed E-state index contributed by atoms with van der Waals surface area (Å²) in [4.78, 5) is 25.0. The molecule has 6 heteroatoms. The Bertz CT molecular complexity index is 932. The Kier molecular flexibility index (Phi) is 4.19. The minimum absolute atomic E-state index is 0.0982. The predicted octanol–water partition coefficient (Wildman–Crippen LogP) is 3.37. The third-order valence-electron chi connectivity index (χ3n) is 7.30. The summed E-state index contributed by atoms with van der Waals surface area (Å²) >= 11 is 0. The van der Waals surface area contributed by atoms with Crippen molar-refractivity contribution in [3.63, 3.8) is 0 Å². The number of hydrogen-bond acceptors (Lipinski definition) is 4. The zero-order valence-electron chi connectivity index (χ0n) is 16.5. The van der Waals surface area contributed by atoms with Gasteiger partial charge in [0.2, 0.25) is 5.91 Å². The van der Waals surface area contributed by atoms with Crippen molar-refractivity contribution in [3.05, 3.63) is 42.2 Å². The summed E-state index contributed by atoms with van der Waals surface area (Å²) in [5.41, 5.74) is 6.30. The van der Waals surface area contributed by atoms with Gasteiger partial charge in [0.1, 0.15) is 11.5 Å². The van der Waals surface area contributed by atoms with Crippen molar-refractivity contribution in [1.29, 1.82) is 0 Å². The molecule has 152 valence electrons. The second-order valence-electron chi connectivity index (χ2n) is 9.01. The molecule has 29 heavy (non-hydrogen) atoms. The van der Waals surface area contributed by atoms with Crippen molar-refractivity contribution < 1.29 is 18.7 Å². The van der Waals surface area contributed by atoms with E-state index in [-0.39, 0.29) is 23.3 Å². The second kappa shape index (κ2) is 6.65. The molecule has 4 aliphatic carbocycles. The molecule has 1 aromatic heterocycles. The molecule has 0 radical (unpaired) electrons. The topological polar surface area (TPSA) is 94.6 Å². The maximum Gasteiger partial charge on any atom is 0.287 e. The number of furan rings is 1. The van der Waals surface area contributed by atoms with Crippen LogP contribution in [0.5, 0.6) is 5.75 Å². The lowest BCUT2D eigenvalue weighted by Gasteiger charge is -2.58. The normalized spacial score (nSPS) is 32.2. The number of benzene rings is 1. The number of nitrogens with one attached hydrogen (secondary N) is 1. The van der Waals surface area contributed by atoms with Gasteiger partial charge in [-0.2, -0.15) is 0 Å². The van der Waals surface area contributed by atoms with Crippen molar-refractivity contribution >= 4 is 11.8 Å². The van der Waals surface area contributed by atoms with Crippen LogP contribution in [0.2, 0.25) is 0 Å². The Labute approximate surface area is 169 Å². The van der Waals surface area contributed by atoms with Gasteiger partial charge in [-0.1, -0.05) is 0 Å². The van der Waals surface area contributed by atoms with Crippen LogP contribution in [0.3, 0.4) is 0 Å². The van der Waals surface area contributed by atoms with E-state index in [1.807, 2.05) is 30.3 Å². The van der Waals surface area contributed by atoms with E-state index in [9.17, 15) is 9.59 Å². The maximum absolute atomic E-state index is 12.9. The molecule has 2 unspecified atom stereocenters. The summed E-state index contributed by atoms with van der Waals surface area (Å²) in [5, 5.41) is 3.21. The summed E-state index contributed by atoms with van der Waals surface area (Å²) in [6.07, 6.45) is 4.68. The van der Waals surface area contributed by atoms with Crippen LogP contribution in [0.4, 0.5) is 0 Å². The highest BCUT2D eigenvalue weighted by atomic mass is 16.5. The van der Waals surface area contributed by atoms with Gasteiger partial charge in [-0.15, -0.1) is 0 Å². The molecule has 4 saturated carbocycles. The van der Waals surface area contributed by atoms with Gasteiger partial charge in [0.25, 0.3) is 5.91 Å². The summed E-state index contributed by atoms with van der Waals surface area (Å²) < 4.78 is 11.0. The largest absolute Gasteiger partial charge is 0.497 e. The number of rotatable bonds is 5. The van der Waals surface area contributed by atoms with Crippen LogP contribution < -0.4 is 15.8 Å². The standard InChI is InChI=1S/C23H26N2O4/c1-28-17-4-2-14(3-5-17)18-6-7-19(29-18)21(26)25-20-15-8-13-9-16(20)12-23(10-13,11-15)22(24)27/h2-7,13,15-16,20H,8-12H2,1H3,(H2,24,27)(H,25,26). The number of amides is 2. The number of primary amides is 1. The second-order valence-corrected chi connectivity index (χ2v) is 9.01. The SMILES string of the molecule is COc1ccc(-c2ccc(C(=O)NC3C4CC5CC3CC(C(N)=O)(C5)C4)o2)cc1. The van der Waals surface area contributed by atoms with Gasteiger partial charge in [-0.3, -0.25) is 9.59 Å². The lowest BCUT2D eigenvalue weighted by atomic mass is 9.47. The van der Waals surface area contributed by atoms with Crippen LogP contribution in [0, 0.1) is 23.2 Å². The number of nitrogens with two attached hydrogens (primary N) is 1. The van der Waals surface area contributed by atoms with Crippen molar-refractivity contribution in [2.45, 2.75) is 38.1 Å². The summed E-state index contributed by atoms with van der Waals surface area (Å²) in [5.74, 6) is 2.62. The number of hydrogen-bond donors (Lipinski definition) is 2. The van der Waals surface area contributed by atoms with Crippen molar-refractivity contribution in [3.8, 4) is 17.1 Å². The highest BCUT2D eigenvalue weighted by Crippen LogP contribution is 2.59. The number of carbonyl (C=O) groups excluding carboxylic acids is 2. The zero-order valence-corrected chi connectivity index (χ0v) is 16.5. The van der Waals surface area contributed by atoms with Gasteiger partial charge in [0, 0.05) is 17.0 Å². The molecule has 4 bridgehead atoms. The zero-order chi connectivity index (χ0) is 20.2. The lowest BCUT2D eigenvalue weighted by Crippen LogP contribution is -2.62. The van der Waals surface area contributed by atoms with Gasteiger partial charge in [-0.25, -0.2) is 0 Å². The van der Waals surface area contributed by atoms with Gasteiger partial charge in [0.05, 0.1) is 7.11 Å². The van der Waals surface area contributed by atoms with E-state index >= 15 is 0 Å². The Morgan fingerprint density at radius 2 is 1.76 bits per heavy atom. The Morgan fingerprint density at radius 1 is 1.07 bits per heavy atom. The summed E-state index contributed by atoms with van der Waals surface area (Å²) in [7, 11) is 1.62. The molecular weight excluding hydrogens is 368 g/mol. The van der Waals surface area contributed by atoms with E-state index in [2.05, 4.69) is 5.32 Å². The molecular formula is C23H26N2O4. The molecule has 6 nitrogen and oxygen atoms in total. The number of ether oxygens (including phenoxy) is 1. The fourth-order valence-electron chi connectivity index (χ4n) is 6.15. The first-order valence-corrected chi connectivity index (χ1v) is 10.3. The van der Waals surface area contributed by atoms with Gasteiger partial charge < -0.3 is 20.2 Å². The van der Waals surface area contributed by atoms with E-state index in [1.165, 1.54) is 0 Å². The van der Waals surface area contributed by atoms with Crippen molar-refractivity contribution in [1.82, 2.24) is 5.32 Å². The molecule has 1 aromatic carbocycles. The smallest absolute Gasteiger partial charge is 0.287 e. The third kappa shape index (κ3) is 3.02. The number of carbonyl (C=O) groups is 2. The minimum Gasteiger partial charge on any atom is -0.497 e. The molecule has 0 spiro atoms. The molecule has 1 heterocycles. The average Bonchev–Trinajstić information content (AvgIpc) is 3.20.